The van der Waals surface area contributed by atoms with Crippen LogP contribution in [0.1, 0.15) is 25.3 Å². The molecule has 2 heterocycles. The molecule has 7 heteroatoms. The van der Waals surface area contributed by atoms with E-state index in [2.05, 4.69) is 21.9 Å². The van der Waals surface area contributed by atoms with Gasteiger partial charge < -0.3 is 10.3 Å². The molecule has 1 aromatic carbocycles. The molecule has 3 aromatic rings. The van der Waals surface area contributed by atoms with E-state index in [0.717, 1.165) is 46.4 Å². The summed E-state index contributed by atoms with van der Waals surface area (Å²) in [6.45, 7) is 3.06. The van der Waals surface area contributed by atoms with Crippen molar-refractivity contribution in [2.24, 2.45) is 0 Å². The van der Waals surface area contributed by atoms with Crippen LogP contribution >= 0.6 is 23.4 Å². The van der Waals surface area contributed by atoms with Crippen LogP contribution in [0.4, 0.5) is 5.95 Å². The Balaban J connectivity index is 1.85. The van der Waals surface area contributed by atoms with Gasteiger partial charge in [-0.2, -0.15) is 4.98 Å². The highest BCUT2D eigenvalue weighted by Gasteiger charge is 2.12. The number of aromatic nitrogens is 4. The molecule has 0 bridgehead atoms. The Bertz CT molecular complexity index is 800. The summed E-state index contributed by atoms with van der Waals surface area (Å²) in [5.41, 5.74) is 8.68. The smallest absolute Gasteiger partial charge is 0.223 e. The monoisotopic (exact) mass is 347 g/mol. The lowest BCUT2D eigenvalue weighted by Crippen LogP contribution is -2.02. The second kappa shape index (κ2) is 7.19. The molecule has 0 fully saturated rings. The number of hydrogen-bond donors (Lipinski definition) is 1. The van der Waals surface area contributed by atoms with Crippen molar-refractivity contribution in [3.05, 3.63) is 41.2 Å². The van der Waals surface area contributed by atoms with E-state index in [1.165, 1.54) is 5.56 Å². The van der Waals surface area contributed by atoms with Gasteiger partial charge in [-0.3, -0.25) is 0 Å². The zero-order valence-electron chi connectivity index (χ0n) is 12.9. The first-order valence-corrected chi connectivity index (χ1v) is 8.89. The van der Waals surface area contributed by atoms with E-state index >= 15 is 0 Å². The SMILES string of the molecule is CCCCn1cnc2c(SCc3ccc(Cl)cc3)nc(N)nc21. The van der Waals surface area contributed by atoms with Crippen molar-refractivity contribution in [1.29, 1.82) is 0 Å². The van der Waals surface area contributed by atoms with Gasteiger partial charge in [0.25, 0.3) is 0 Å². The number of benzene rings is 1. The maximum atomic E-state index is 5.92. The second-order valence-electron chi connectivity index (χ2n) is 5.27. The number of halogens is 1. The van der Waals surface area contributed by atoms with Crippen molar-refractivity contribution in [3.63, 3.8) is 0 Å². The number of nitrogen functional groups attached to an aromatic ring is 1. The lowest BCUT2D eigenvalue weighted by atomic mass is 10.2. The fraction of sp³-hybridized carbons (Fsp3) is 0.312. The molecule has 0 amide bonds. The molecule has 0 spiro atoms. The molecule has 0 radical (unpaired) electrons. The molecule has 0 atom stereocenters. The standard InChI is InChI=1S/C16H18ClN5S/c1-2-3-8-22-10-19-13-14(22)20-16(18)21-15(13)23-9-11-4-6-12(17)7-5-11/h4-7,10H,2-3,8-9H2,1H3,(H2,18,20,21). The minimum Gasteiger partial charge on any atom is -0.368 e. The number of unbranched alkanes of at least 4 members (excludes halogenated alkanes) is 1. The van der Waals surface area contributed by atoms with Crippen molar-refractivity contribution in [2.75, 3.05) is 5.73 Å². The Labute approximate surface area is 144 Å². The maximum Gasteiger partial charge on any atom is 0.223 e. The average molecular weight is 348 g/mol. The topological polar surface area (TPSA) is 69.6 Å². The summed E-state index contributed by atoms with van der Waals surface area (Å²) in [5.74, 6) is 1.07. The fourth-order valence-corrected chi connectivity index (χ4v) is 3.32. The van der Waals surface area contributed by atoms with Gasteiger partial charge in [0.05, 0.1) is 6.33 Å². The van der Waals surface area contributed by atoms with Crippen LogP contribution in [-0.2, 0) is 12.3 Å². The number of anilines is 1. The van der Waals surface area contributed by atoms with E-state index < -0.39 is 0 Å². The summed E-state index contributed by atoms with van der Waals surface area (Å²) in [6.07, 6.45) is 4.03. The van der Waals surface area contributed by atoms with Crippen molar-refractivity contribution in [2.45, 2.75) is 37.1 Å². The summed E-state index contributed by atoms with van der Waals surface area (Å²) >= 11 is 7.53. The Morgan fingerprint density at radius 2 is 2.00 bits per heavy atom. The maximum absolute atomic E-state index is 5.92. The first kappa shape index (κ1) is 16.1. The molecular weight excluding hydrogens is 330 g/mol. The number of imidazole rings is 1. The molecule has 0 aliphatic rings. The summed E-state index contributed by atoms with van der Waals surface area (Å²) in [5, 5.41) is 1.56. The lowest BCUT2D eigenvalue weighted by Gasteiger charge is -2.05. The van der Waals surface area contributed by atoms with Gasteiger partial charge in [-0.05, 0) is 24.1 Å². The van der Waals surface area contributed by atoms with Crippen molar-refractivity contribution in [3.8, 4) is 0 Å². The van der Waals surface area contributed by atoms with Crippen LogP contribution in [-0.4, -0.2) is 19.5 Å². The number of nitrogens with zero attached hydrogens (tertiary/aromatic N) is 4. The zero-order chi connectivity index (χ0) is 16.2. The predicted octanol–water partition coefficient (Wildman–Crippen LogP) is 4.15. The van der Waals surface area contributed by atoms with Crippen LogP contribution in [0.5, 0.6) is 0 Å². The third-order valence-corrected chi connectivity index (χ3v) is 4.78. The van der Waals surface area contributed by atoms with Crippen LogP contribution in [0.15, 0.2) is 35.6 Å². The summed E-state index contributed by atoms with van der Waals surface area (Å²) < 4.78 is 2.04. The molecule has 5 nitrogen and oxygen atoms in total. The predicted molar refractivity (Wildman–Crippen MR) is 95.7 cm³/mol. The first-order chi connectivity index (χ1) is 11.2. The van der Waals surface area contributed by atoms with Gasteiger partial charge in [0, 0.05) is 17.3 Å². The van der Waals surface area contributed by atoms with Crippen LogP contribution in [0.3, 0.4) is 0 Å². The Morgan fingerprint density at radius 3 is 2.74 bits per heavy atom. The van der Waals surface area contributed by atoms with E-state index in [-0.39, 0.29) is 5.95 Å². The lowest BCUT2D eigenvalue weighted by molar-refractivity contribution is 0.641. The van der Waals surface area contributed by atoms with Crippen LogP contribution in [0.25, 0.3) is 11.2 Å². The molecule has 3 rings (SSSR count). The summed E-state index contributed by atoms with van der Waals surface area (Å²) in [7, 11) is 0. The normalized spacial score (nSPS) is 11.2. The second-order valence-corrected chi connectivity index (χ2v) is 6.67. The third-order valence-electron chi connectivity index (χ3n) is 3.49. The van der Waals surface area contributed by atoms with Gasteiger partial charge >= 0.3 is 0 Å². The fourth-order valence-electron chi connectivity index (χ4n) is 2.26. The minimum atomic E-state index is 0.286. The van der Waals surface area contributed by atoms with Crippen LogP contribution in [0.2, 0.25) is 5.02 Å². The zero-order valence-corrected chi connectivity index (χ0v) is 14.4. The molecule has 2 aromatic heterocycles. The molecule has 0 unspecified atom stereocenters. The molecule has 23 heavy (non-hydrogen) atoms. The van der Waals surface area contributed by atoms with E-state index in [1.54, 1.807) is 11.8 Å². The number of hydrogen-bond acceptors (Lipinski definition) is 5. The highest BCUT2D eigenvalue weighted by molar-refractivity contribution is 7.98. The molecule has 0 aliphatic heterocycles. The number of fused-ring (bicyclic) bond motifs is 1. The van der Waals surface area contributed by atoms with Gasteiger partial charge in [-0.15, -0.1) is 0 Å². The van der Waals surface area contributed by atoms with E-state index in [1.807, 2.05) is 35.2 Å². The van der Waals surface area contributed by atoms with Gasteiger partial charge in [-0.25, -0.2) is 9.97 Å². The number of thioether (sulfide) groups is 1. The minimum absolute atomic E-state index is 0.286. The number of aryl methyl sites for hydroxylation is 1. The van der Waals surface area contributed by atoms with Gasteiger partial charge in [-0.1, -0.05) is 48.8 Å². The highest BCUT2D eigenvalue weighted by atomic mass is 35.5. The van der Waals surface area contributed by atoms with Crippen molar-refractivity contribution >= 4 is 40.5 Å². The Hall–Kier alpha value is -1.79. The van der Waals surface area contributed by atoms with Crippen molar-refractivity contribution < 1.29 is 0 Å². The van der Waals surface area contributed by atoms with Crippen LogP contribution < -0.4 is 5.73 Å². The highest BCUT2D eigenvalue weighted by Crippen LogP contribution is 2.28. The van der Waals surface area contributed by atoms with Gasteiger partial charge in [0.15, 0.2) is 5.65 Å². The van der Waals surface area contributed by atoms with Gasteiger partial charge in [0.1, 0.15) is 10.5 Å². The largest absolute Gasteiger partial charge is 0.368 e. The number of rotatable bonds is 6. The van der Waals surface area contributed by atoms with E-state index in [9.17, 15) is 0 Å². The van der Waals surface area contributed by atoms with Crippen LogP contribution in [0, 0.1) is 0 Å². The Morgan fingerprint density at radius 1 is 1.22 bits per heavy atom. The first-order valence-electron chi connectivity index (χ1n) is 7.53. The third kappa shape index (κ3) is 3.76. The average Bonchev–Trinajstić information content (AvgIpc) is 2.95. The quantitative estimate of drug-likeness (QED) is 0.535. The molecular formula is C16H18ClN5S. The van der Waals surface area contributed by atoms with Gasteiger partial charge in [0.2, 0.25) is 5.95 Å². The van der Waals surface area contributed by atoms with Crippen molar-refractivity contribution in [1.82, 2.24) is 19.5 Å². The molecule has 0 saturated heterocycles. The van der Waals surface area contributed by atoms with E-state index in [4.69, 9.17) is 17.3 Å². The Kier molecular flexibility index (Phi) is 5.03. The summed E-state index contributed by atoms with van der Waals surface area (Å²) in [6, 6.07) is 7.80. The molecule has 0 aliphatic carbocycles. The molecule has 2 N–H and O–H groups in total. The molecule has 120 valence electrons. The summed E-state index contributed by atoms with van der Waals surface area (Å²) in [4.78, 5) is 13.2. The molecule has 0 saturated carbocycles. The van der Waals surface area contributed by atoms with E-state index in [0.29, 0.717) is 0 Å². The number of nitrogens with two attached hydrogens (primary N) is 1.